The molecule has 0 bridgehead atoms. The lowest BCUT2D eigenvalue weighted by Gasteiger charge is -2.05. The summed E-state index contributed by atoms with van der Waals surface area (Å²) in [5.41, 5.74) is -0.613. The molecule has 0 radical (unpaired) electrons. The summed E-state index contributed by atoms with van der Waals surface area (Å²) in [5.74, 6) is -3.68. The topological polar surface area (TPSA) is 71.1 Å². The highest BCUT2D eigenvalue weighted by Crippen LogP contribution is 2.31. The molecule has 4 rings (SSSR count). The summed E-state index contributed by atoms with van der Waals surface area (Å²) in [6.07, 6.45) is 0. The van der Waals surface area contributed by atoms with E-state index in [2.05, 4.69) is 4.99 Å². The molecule has 0 saturated carbocycles. The molecule has 0 aliphatic rings. The van der Waals surface area contributed by atoms with Gasteiger partial charge in [-0.25, -0.2) is 13.6 Å². The second-order valence-electron chi connectivity index (χ2n) is 5.04. The average molecular weight is 334 g/mol. The van der Waals surface area contributed by atoms with Crippen LogP contribution in [0.5, 0.6) is 0 Å². The average Bonchev–Trinajstić information content (AvgIpc) is 3.04. The predicted molar refractivity (Wildman–Crippen MR) is 81.9 cm³/mol. The number of hydrogen-bond donors (Lipinski definition) is 1. The van der Waals surface area contributed by atoms with Crippen LogP contribution in [0.15, 0.2) is 21.2 Å². The van der Waals surface area contributed by atoms with E-state index in [0.717, 1.165) is 17.4 Å². The van der Waals surface area contributed by atoms with Crippen molar-refractivity contribution >= 4 is 43.9 Å². The largest absolute Gasteiger partial charge is 0.477 e. The van der Waals surface area contributed by atoms with Crippen molar-refractivity contribution in [1.29, 1.82) is 0 Å². The summed E-state index contributed by atoms with van der Waals surface area (Å²) in [7, 11) is 0. The SMILES string of the molecule is CCN=c1c2c(F)c(F)cc3c(=O)c(C(=O)O)c4scc1n4c32. The molecule has 8 heteroatoms. The number of benzene rings is 1. The van der Waals surface area contributed by atoms with E-state index in [1.807, 2.05) is 0 Å². The number of nitrogens with zero attached hydrogens (tertiary/aromatic N) is 2. The fraction of sp³-hybridized carbons (Fsp3) is 0.133. The van der Waals surface area contributed by atoms with Gasteiger partial charge in [0.15, 0.2) is 11.6 Å². The monoisotopic (exact) mass is 334 g/mol. The maximum absolute atomic E-state index is 14.3. The van der Waals surface area contributed by atoms with Crippen LogP contribution < -0.4 is 10.8 Å². The van der Waals surface area contributed by atoms with Crippen LogP contribution in [0.4, 0.5) is 8.78 Å². The molecule has 4 aromatic rings. The van der Waals surface area contributed by atoms with Gasteiger partial charge in [-0.2, -0.15) is 0 Å². The van der Waals surface area contributed by atoms with Crippen LogP contribution in [0.1, 0.15) is 17.3 Å². The van der Waals surface area contributed by atoms with Gasteiger partial charge in [0.05, 0.1) is 27.2 Å². The number of pyridine rings is 1. The second-order valence-corrected chi connectivity index (χ2v) is 5.90. The number of aromatic nitrogens is 1. The third-order valence-electron chi connectivity index (χ3n) is 3.84. The van der Waals surface area contributed by atoms with Crippen LogP contribution in [0.25, 0.3) is 26.6 Å². The van der Waals surface area contributed by atoms with Gasteiger partial charge in [0.25, 0.3) is 0 Å². The van der Waals surface area contributed by atoms with Gasteiger partial charge < -0.3 is 5.11 Å². The summed E-state index contributed by atoms with van der Waals surface area (Å²) < 4.78 is 29.8. The third kappa shape index (κ3) is 1.56. The fourth-order valence-electron chi connectivity index (χ4n) is 2.99. The molecule has 3 aromatic heterocycles. The number of thiazole rings is 1. The second kappa shape index (κ2) is 4.45. The summed E-state index contributed by atoms with van der Waals surface area (Å²) in [4.78, 5) is 28.3. The van der Waals surface area contributed by atoms with E-state index in [9.17, 15) is 23.5 Å². The van der Waals surface area contributed by atoms with Crippen LogP contribution in [0.2, 0.25) is 0 Å². The van der Waals surface area contributed by atoms with Gasteiger partial charge >= 0.3 is 5.97 Å². The van der Waals surface area contributed by atoms with E-state index in [1.165, 1.54) is 4.40 Å². The van der Waals surface area contributed by atoms with Crippen molar-refractivity contribution in [3.63, 3.8) is 0 Å². The van der Waals surface area contributed by atoms with Gasteiger partial charge in [0.2, 0.25) is 5.43 Å². The van der Waals surface area contributed by atoms with Crippen molar-refractivity contribution in [3.8, 4) is 0 Å². The number of rotatable bonds is 2. The van der Waals surface area contributed by atoms with Crippen LogP contribution in [-0.4, -0.2) is 22.0 Å². The maximum Gasteiger partial charge on any atom is 0.342 e. The highest BCUT2D eigenvalue weighted by Gasteiger charge is 2.27. The molecule has 0 aliphatic carbocycles. The molecule has 0 saturated heterocycles. The van der Waals surface area contributed by atoms with Crippen LogP contribution >= 0.6 is 11.3 Å². The van der Waals surface area contributed by atoms with Crippen LogP contribution in [0, 0.1) is 11.6 Å². The lowest BCUT2D eigenvalue weighted by Crippen LogP contribution is -2.17. The Balaban J connectivity index is 2.51. The standard InChI is InChI=1S/C15H8F2N2O3S/c1-2-18-11-7-4-23-14-9(15(21)22)13(20)5-3-6(16)10(17)8(11)12(5)19(7)14/h3-4H,2H2,1H3,(H,21,22). The van der Waals surface area contributed by atoms with Crippen molar-refractivity contribution in [1.82, 2.24) is 4.40 Å². The number of aromatic carboxylic acids is 1. The molecule has 0 spiro atoms. The normalized spacial score (nSPS) is 13.1. The summed E-state index contributed by atoms with van der Waals surface area (Å²) in [5, 5.41) is 10.9. The highest BCUT2D eigenvalue weighted by molar-refractivity contribution is 7.16. The molecule has 1 aromatic carbocycles. The van der Waals surface area contributed by atoms with E-state index in [0.29, 0.717) is 12.1 Å². The number of carboxylic acids is 1. The maximum atomic E-state index is 14.3. The van der Waals surface area contributed by atoms with E-state index in [-0.39, 0.29) is 26.5 Å². The summed E-state index contributed by atoms with van der Waals surface area (Å²) >= 11 is 1.07. The van der Waals surface area contributed by atoms with Gasteiger partial charge in [0.1, 0.15) is 10.4 Å². The molecule has 0 amide bonds. The lowest BCUT2D eigenvalue weighted by molar-refractivity contribution is 0.0697. The molecule has 1 N–H and O–H groups in total. The minimum Gasteiger partial charge on any atom is -0.477 e. The third-order valence-corrected chi connectivity index (χ3v) is 4.79. The molecular formula is C15H8F2N2O3S. The molecule has 23 heavy (non-hydrogen) atoms. The number of halogens is 2. The highest BCUT2D eigenvalue weighted by atomic mass is 32.1. The minimum atomic E-state index is -1.40. The Morgan fingerprint density at radius 1 is 1.43 bits per heavy atom. The Morgan fingerprint density at radius 2 is 2.17 bits per heavy atom. The Morgan fingerprint density at radius 3 is 2.83 bits per heavy atom. The smallest absolute Gasteiger partial charge is 0.342 e. The molecule has 3 heterocycles. The van der Waals surface area contributed by atoms with Crippen molar-refractivity contribution in [3.05, 3.63) is 44.2 Å². The van der Waals surface area contributed by atoms with E-state index in [1.54, 1.807) is 12.3 Å². The van der Waals surface area contributed by atoms with Gasteiger partial charge in [-0.15, -0.1) is 11.3 Å². The molecule has 0 aliphatic heterocycles. The minimum absolute atomic E-state index is 0.0799. The lowest BCUT2D eigenvalue weighted by atomic mass is 10.1. The molecule has 116 valence electrons. The Hall–Kier alpha value is -2.61. The first kappa shape index (κ1) is 14.0. The molecule has 0 unspecified atom stereocenters. The fourth-order valence-corrected chi connectivity index (χ4v) is 4.02. The Kier molecular flexibility index (Phi) is 2.71. The van der Waals surface area contributed by atoms with Crippen molar-refractivity contribution < 1.29 is 18.7 Å². The first-order chi connectivity index (χ1) is 11.0. The first-order valence-corrected chi connectivity index (χ1v) is 7.61. The molecular weight excluding hydrogens is 326 g/mol. The van der Waals surface area contributed by atoms with E-state index < -0.39 is 28.6 Å². The Bertz CT molecular complexity index is 1230. The zero-order valence-electron chi connectivity index (χ0n) is 11.7. The van der Waals surface area contributed by atoms with Gasteiger partial charge in [-0.1, -0.05) is 0 Å². The summed E-state index contributed by atoms with van der Waals surface area (Å²) in [6.45, 7) is 2.09. The van der Waals surface area contributed by atoms with E-state index in [4.69, 9.17) is 0 Å². The molecule has 5 nitrogen and oxygen atoms in total. The Labute approximate surface area is 130 Å². The number of hydrogen-bond acceptors (Lipinski definition) is 4. The van der Waals surface area contributed by atoms with Crippen molar-refractivity contribution in [2.75, 3.05) is 6.54 Å². The van der Waals surface area contributed by atoms with E-state index >= 15 is 0 Å². The molecule has 0 atom stereocenters. The quantitative estimate of drug-likeness (QED) is 0.612. The predicted octanol–water partition coefficient (Wildman–Crippen LogP) is 2.44. The van der Waals surface area contributed by atoms with Crippen molar-refractivity contribution in [2.45, 2.75) is 6.92 Å². The zero-order chi connectivity index (χ0) is 16.5. The van der Waals surface area contributed by atoms with Gasteiger partial charge in [0, 0.05) is 11.9 Å². The number of carbonyl (C=O) groups is 1. The van der Waals surface area contributed by atoms with Crippen LogP contribution in [-0.2, 0) is 0 Å². The number of carboxylic acid groups (broad SMARTS) is 1. The zero-order valence-corrected chi connectivity index (χ0v) is 12.5. The van der Waals surface area contributed by atoms with Crippen LogP contribution in [0.3, 0.4) is 0 Å². The van der Waals surface area contributed by atoms with Gasteiger partial charge in [-0.05, 0) is 13.0 Å². The van der Waals surface area contributed by atoms with Gasteiger partial charge in [-0.3, -0.25) is 14.2 Å². The molecule has 0 fully saturated rings. The summed E-state index contributed by atoms with van der Waals surface area (Å²) in [6, 6.07) is 0.756. The first-order valence-electron chi connectivity index (χ1n) is 6.73. The van der Waals surface area contributed by atoms with Crippen molar-refractivity contribution in [2.24, 2.45) is 4.99 Å².